The van der Waals surface area contributed by atoms with Gasteiger partial charge in [-0.3, -0.25) is 9.36 Å². The molecule has 0 bridgehead atoms. The Morgan fingerprint density at radius 3 is 2.71 bits per heavy atom. The van der Waals surface area contributed by atoms with Gasteiger partial charge in [-0.2, -0.15) is 5.10 Å². The van der Waals surface area contributed by atoms with Crippen LogP contribution in [0, 0.1) is 5.82 Å². The molecule has 1 unspecified atom stereocenters. The molecule has 35 heavy (non-hydrogen) atoms. The number of hydrogen-bond donors (Lipinski definition) is 1. The molecule has 3 aromatic heterocycles. The summed E-state index contributed by atoms with van der Waals surface area (Å²) in [5, 5.41) is 5.88. The van der Waals surface area contributed by atoms with Crippen LogP contribution >= 0.6 is 0 Å². The zero-order valence-electron chi connectivity index (χ0n) is 19.1. The van der Waals surface area contributed by atoms with E-state index < -0.39 is 11.9 Å². The third kappa shape index (κ3) is 3.32. The number of methoxy groups -OCH3 is 1. The van der Waals surface area contributed by atoms with Crippen LogP contribution in [0.4, 0.5) is 10.2 Å². The molecule has 0 saturated heterocycles. The molecule has 2 aromatic carbocycles. The van der Waals surface area contributed by atoms with Crippen LogP contribution in [0.25, 0.3) is 33.2 Å². The van der Waals surface area contributed by atoms with E-state index in [0.717, 1.165) is 12.8 Å². The number of ether oxygens (including phenoxy) is 1. The second kappa shape index (κ2) is 7.86. The largest absolute Gasteiger partial charge is 0.494 e. The average molecular weight is 471 g/mol. The molecule has 1 aliphatic rings. The summed E-state index contributed by atoms with van der Waals surface area (Å²) >= 11 is 0. The van der Waals surface area contributed by atoms with Crippen LogP contribution in [0.1, 0.15) is 37.7 Å². The fourth-order valence-electron chi connectivity index (χ4n) is 4.53. The number of anilines is 1. The van der Waals surface area contributed by atoms with Crippen molar-refractivity contribution < 1.29 is 9.13 Å². The maximum atomic E-state index is 14.5. The zero-order valence-corrected chi connectivity index (χ0v) is 19.1. The van der Waals surface area contributed by atoms with Gasteiger partial charge in [-0.15, -0.1) is 0 Å². The number of hydrogen-bond acceptors (Lipinski definition) is 7. The first-order valence-electron chi connectivity index (χ1n) is 11.3. The van der Waals surface area contributed by atoms with E-state index in [0.29, 0.717) is 39.0 Å². The van der Waals surface area contributed by atoms with Crippen LogP contribution in [0.2, 0.25) is 0 Å². The number of halogens is 1. The Hall–Kier alpha value is -4.34. The normalized spacial score (nSPS) is 14.5. The molecule has 2 N–H and O–H groups in total. The van der Waals surface area contributed by atoms with Crippen molar-refractivity contribution in [3.05, 3.63) is 70.8 Å². The first-order valence-corrected chi connectivity index (χ1v) is 11.3. The molecule has 0 radical (unpaired) electrons. The number of rotatable bonds is 5. The summed E-state index contributed by atoms with van der Waals surface area (Å²) < 4.78 is 23.0. The summed E-state index contributed by atoms with van der Waals surface area (Å²) in [6.45, 7) is 1.92. The molecule has 10 heteroatoms. The lowest BCUT2D eigenvalue weighted by atomic mass is 10.1. The Labute approximate surface area is 199 Å². The maximum absolute atomic E-state index is 14.5. The quantitative estimate of drug-likeness (QED) is 0.414. The van der Waals surface area contributed by atoms with Crippen LogP contribution in [0.5, 0.6) is 5.75 Å². The summed E-state index contributed by atoms with van der Waals surface area (Å²) in [7, 11) is 1.41. The van der Waals surface area contributed by atoms with Gasteiger partial charge in [0.25, 0.3) is 5.56 Å². The van der Waals surface area contributed by atoms with Crippen molar-refractivity contribution in [1.82, 2.24) is 29.3 Å². The molecule has 0 amide bonds. The monoisotopic (exact) mass is 471 g/mol. The van der Waals surface area contributed by atoms with Crippen molar-refractivity contribution in [3.8, 4) is 17.0 Å². The highest BCUT2D eigenvalue weighted by molar-refractivity contribution is 5.98. The van der Waals surface area contributed by atoms with Crippen LogP contribution in [0.15, 0.2) is 53.6 Å². The summed E-state index contributed by atoms with van der Waals surface area (Å²) in [6.07, 6.45) is 3.21. The van der Waals surface area contributed by atoms with E-state index in [1.54, 1.807) is 21.4 Å². The van der Waals surface area contributed by atoms with Crippen molar-refractivity contribution >= 4 is 27.8 Å². The second-order valence-corrected chi connectivity index (χ2v) is 8.67. The molecule has 1 saturated carbocycles. The molecular weight excluding hydrogens is 449 g/mol. The fraction of sp³-hybridized carbons (Fsp3) is 0.240. The predicted molar refractivity (Wildman–Crippen MR) is 130 cm³/mol. The molecule has 1 aliphatic carbocycles. The van der Waals surface area contributed by atoms with Gasteiger partial charge < -0.3 is 10.5 Å². The molecule has 0 aliphatic heterocycles. The van der Waals surface area contributed by atoms with Gasteiger partial charge in [0, 0.05) is 11.6 Å². The standard InChI is InChI=1S/C25H22FN7O2/c1-13(23-30-18-6-4-3-5-16(18)25(34)32(23)15-8-9-15)33-24-20(22(27)28-12-29-24)21(31-33)14-7-10-19(35-2)17(26)11-14/h3-7,10-13,15H,8-9H2,1-2H3,(H2,27,28,29). The van der Waals surface area contributed by atoms with Gasteiger partial charge in [0.2, 0.25) is 0 Å². The Kier molecular flexibility index (Phi) is 4.77. The highest BCUT2D eigenvalue weighted by Gasteiger charge is 2.32. The average Bonchev–Trinajstić information content (AvgIpc) is 3.62. The molecule has 1 atom stereocenters. The molecule has 6 rings (SSSR count). The number of nitrogen functional groups attached to an aromatic ring is 1. The zero-order chi connectivity index (χ0) is 24.3. The third-order valence-electron chi connectivity index (χ3n) is 6.43. The highest BCUT2D eigenvalue weighted by atomic mass is 19.1. The summed E-state index contributed by atoms with van der Waals surface area (Å²) in [4.78, 5) is 26.8. The number of benzene rings is 2. The Bertz CT molecular complexity index is 1670. The minimum Gasteiger partial charge on any atom is -0.494 e. The fourth-order valence-corrected chi connectivity index (χ4v) is 4.53. The van der Waals surface area contributed by atoms with E-state index in [1.165, 1.54) is 25.6 Å². The van der Waals surface area contributed by atoms with Gasteiger partial charge in [-0.25, -0.2) is 24.0 Å². The van der Waals surface area contributed by atoms with Crippen molar-refractivity contribution in [2.75, 3.05) is 12.8 Å². The van der Waals surface area contributed by atoms with E-state index in [2.05, 4.69) is 9.97 Å². The SMILES string of the molecule is COc1ccc(-c2nn(C(C)c3nc4ccccc4c(=O)n3C3CC3)c3ncnc(N)c23)cc1F. The third-order valence-corrected chi connectivity index (χ3v) is 6.43. The van der Waals surface area contributed by atoms with Gasteiger partial charge in [0.05, 0.1) is 23.4 Å². The lowest BCUT2D eigenvalue weighted by Crippen LogP contribution is -2.28. The Morgan fingerprint density at radius 1 is 1.17 bits per heavy atom. The summed E-state index contributed by atoms with van der Waals surface area (Å²) in [6, 6.07) is 11.6. The van der Waals surface area contributed by atoms with Crippen molar-refractivity contribution in [3.63, 3.8) is 0 Å². The van der Waals surface area contributed by atoms with Crippen molar-refractivity contribution in [2.45, 2.75) is 31.8 Å². The van der Waals surface area contributed by atoms with E-state index in [1.807, 2.05) is 25.1 Å². The van der Waals surface area contributed by atoms with Crippen molar-refractivity contribution in [1.29, 1.82) is 0 Å². The molecule has 5 aromatic rings. The Morgan fingerprint density at radius 2 is 1.97 bits per heavy atom. The van der Waals surface area contributed by atoms with Crippen LogP contribution < -0.4 is 16.0 Å². The molecule has 0 spiro atoms. The first kappa shape index (κ1) is 21.2. The molecule has 9 nitrogen and oxygen atoms in total. The van der Waals surface area contributed by atoms with Gasteiger partial charge >= 0.3 is 0 Å². The number of aromatic nitrogens is 6. The number of para-hydroxylation sites is 1. The molecule has 176 valence electrons. The summed E-state index contributed by atoms with van der Waals surface area (Å²) in [5.74, 6) is 0.426. The van der Waals surface area contributed by atoms with Gasteiger partial charge in [0.1, 0.15) is 29.7 Å². The van der Waals surface area contributed by atoms with Gasteiger partial charge in [0.15, 0.2) is 17.2 Å². The van der Waals surface area contributed by atoms with Crippen LogP contribution in [-0.2, 0) is 0 Å². The van der Waals surface area contributed by atoms with E-state index in [-0.39, 0.29) is 23.2 Å². The van der Waals surface area contributed by atoms with Gasteiger partial charge in [-0.05, 0) is 50.1 Å². The lowest BCUT2D eigenvalue weighted by molar-refractivity contribution is 0.386. The number of nitrogens with two attached hydrogens (primary N) is 1. The smallest absolute Gasteiger partial charge is 0.261 e. The van der Waals surface area contributed by atoms with E-state index >= 15 is 0 Å². The maximum Gasteiger partial charge on any atom is 0.261 e. The molecule has 1 fully saturated rings. The van der Waals surface area contributed by atoms with Crippen LogP contribution in [-0.4, -0.2) is 36.4 Å². The highest BCUT2D eigenvalue weighted by Crippen LogP contribution is 2.38. The molecular formula is C25H22FN7O2. The lowest BCUT2D eigenvalue weighted by Gasteiger charge is -2.19. The molecule has 3 heterocycles. The summed E-state index contributed by atoms with van der Waals surface area (Å²) in [5.41, 5.74) is 8.21. The minimum atomic E-state index is -0.519. The topological polar surface area (TPSA) is 114 Å². The predicted octanol–water partition coefficient (Wildman–Crippen LogP) is 3.88. The number of nitrogens with zero attached hydrogens (tertiary/aromatic N) is 6. The van der Waals surface area contributed by atoms with Crippen molar-refractivity contribution in [2.24, 2.45) is 0 Å². The second-order valence-electron chi connectivity index (χ2n) is 8.67. The van der Waals surface area contributed by atoms with E-state index in [9.17, 15) is 9.18 Å². The minimum absolute atomic E-state index is 0.0667. The van der Waals surface area contributed by atoms with E-state index in [4.69, 9.17) is 20.6 Å². The number of fused-ring (bicyclic) bond motifs is 2. The Balaban J connectivity index is 1.59. The first-order chi connectivity index (χ1) is 17.0. The van der Waals surface area contributed by atoms with Crippen LogP contribution in [0.3, 0.4) is 0 Å². The van der Waals surface area contributed by atoms with Gasteiger partial charge in [-0.1, -0.05) is 12.1 Å².